The van der Waals surface area contributed by atoms with Gasteiger partial charge >= 0.3 is 0 Å². The van der Waals surface area contributed by atoms with Crippen molar-refractivity contribution < 1.29 is 14.3 Å². The number of benzene rings is 2. The Labute approximate surface area is 153 Å². The molecule has 0 radical (unpaired) electrons. The van der Waals surface area contributed by atoms with E-state index in [1.165, 1.54) is 0 Å². The molecule has 2 rings (SSSR count). The summed E-state index contributed by atoms with van der Waals surface area (Å²) in [6.07, 6.45) is 0.874. The number of carbonyl (C=O) groups is 2. The van der Waals surface area contributed by atoms with Crippen molar-refractivity contribution in [2.45, 2.75) is 20.3 Å². The first-order chi connectivity index (χ1) is 12.6. The van der Waals surface area contributed by atoms with Crippen LogP contribution in [0, 0.1) is 0 Å². The zero-order chi connectivity index (χ0) is 18.8. The lowest BCUT2D eigenvalue weighted by Crippen LogP contribution is -2.24. The van der Waals surface area contributed by atoms with Crippen molar-refractivity contribution in [1.29, 1.82) is 0 Å². The molecule has 3 N–H and O–H groups in total. The van der Waals surface area contributed by atoms with Gasteiger partial charge in [-0.1, -0.05) is 13.0 Å². The summed E-state index contributed by atoms with van der Waals surface area (Å²) >= 11 is 0. The third kappa shape index (κ3) is 6.12. The van der Waals surface area contributed by atoms with E-state index >= 15 is 0 Å². The molecule has 0 aliphatic heterocycles. The van der Waals surface area contributed by atoms with Crippen LogP contribution in [-0.4, -0.2) is 31.5 Å². The van der Waals surface area contributed by atoms with Gasteiger partial charge < -0.3 is 20.7 Å². The number of carbonyl (C=O) groups excluding carboxylic acids is 2. The number of hydrogen-bond donors (Lipinski definition) is 3. The lowest BCUT2D eigenvalue weighted by molar-refractivity contribution is -0.114. The highest BCUT2D eigenvalue weighted by atomic mass is 16.5. The van der Waals surface area contributed by atoms with Crippen LogP contribution in [-0.2, 0) is 4.79 Å². The summed E-state index contributed by atoms with van der Waals surface area (Å²) in [5.74, 6) is 0.459. The number of amides is 2. The second-order valence-electron chi connectivity index (χ2n) is 5.70. The Morgan fingerprint density at radius 2 is 1.77 bits per heavy atom. The maximum atomic E-state index is 12.1. The Morgan fingerprint density at radius 3 is 2.46 bits per heavy atom. The Balaban J connectivity index is 1.86. The van der Waals surface area contributed by atoms with Crippen molar-refractivity contribution >= 4 is 23.2 Å². The Hall–Kier alpha value is -3.02. The van der Waals surface area contributed by atoms with Crippen LogP contribution in [0.4, 0.5) is 11.4 Å². The Bertz CT molecular complexity index is 729. The minimum atomic E-state index is -0.190. The van der Waals surface area contributed by atoms with Gasteiger partial charge in [-0.25, -0.2) is 0 Å². The van der Waals surface area contributed by atoms with Crippen LogP contribution in [0.3, 0.4) is 0 Å². The van der Waals surface area contributed by atoms with Crippen LogP contribution in [0.2, 0.25) is 0 Å². The fraction of sp³-hybridized carbons (Fsp3) is 0.300. The van der Waals surface area contributed by atoms with Crippen LogP contribution in [0.1, 0.15) is 30.6 Å². The molecular weight excluding hydrogens is 330 g/mol. The first-order valence-corrected chi connectivity index (χ1v) is 8.77. The summed E-state index contributed by atoms with van der Waals surface area (Å²) in [7, 11) is 0. The average molecular weight is 355 g/mol. The van der Waals surface area contributed by atoms with E-state index in [2.05, 4.69) is 16.0 Å². The summed E-state index contributed by atoms with van der Waals surface area (Å²) in [4.78, 5) is 24.1. The van der Waals surface area contributed by atoms with Crippen LogP contribution < -0.4 is 20.7 Å². The smallest absolute Gasteiger partial charge is 0.251 e. The van der Waals surface area contributed by atoms with Crippen molar-refractivity contribution in [2.24, 2.45) is 0 Å². The molecule has 0 fully saturated rings. The third-order valence-electron chi connectivity index (χ3n) is 3.56. The van der Waals surface area contributed by atoms with E-state index in [-0.39, 0.29) is 18.4 Å². The van der Waals surface area contributed by atoms with Crippen LogP contribution >= 0.6 is 0 Å². The molecule has 0 saturated carbocycles. The van der Waals surface area contributed by atoms with Gasteiger partial charge in [-0.2, -0.15) is 0 Å². The Morgan fingerprint density at radius 1 is 1.00 bits per heavy atom. The Kier molecular flexibility index (Phi) is 7.49. The predicted octanol–water partition coefficient (Wildman–Crippen LogP) is 3.28. The molecule has 2 amide bonds. The SMILES string of the molecule is CCCNC(=O)c1cccc(NC(=O)CNc2ccc(OCC)cc2)c1. The van der Waals surface area contributed by atoms with Gasteiger partial charge in [0, 0.05) is 23.5 Å². The molecule has 0 spiro atoms. The molecule has 0 bridgehead atoms. The fourth-order valence-corrected chi connectivity index (χ4v) is 2.30. The molecule has 6 nitrogen and oxygen atoms in total. The van der Waals surface area contributed by atoms with Crippen LogP contribution in [0.25, 0.3) is 0 Å². The lowest BCUT2D eigenvalue weighted by atomic mass is 10.2. The highest BCUT2D eigenvalue weighted by Gasteiger charge is 2.07. The van der Waals surface area contributed by atoms with E-state index in [0.29, 0.717) is 24.4 Å². The van der Waals surface area contributed by atoms with Gasteiger partial charge in [-0.05, 0) is 55.8 Å². The topological polar surface area (TPSA) is 79.5 Å². The first kappa shape index (κ1) is 19.3. The second kappa shape index (κ2) is 10.1. The summed E-state index contributed by atoms with van der Waals surface area (Å²) in [6.45, 7) is 5.29. The molecule has 2 aromatic carbocycles. The van der Waals surface area contributed by atoms with E-state index in [1.54, 1.807) is 24.3 Å². The lowest BCUT2D eigenvalue weighted by Gasteiger charge is -2.10. The molecule has 26 heavy (non-hydrogen) atoms. The van der Waals surface area contributed by atoms with Crippen molar-refractivity contribution in [1.82, 2.24) is 5.32 Å². The maximum absolute atomic E-state index is 12.1. The van der Waals surface area contributed by atoms with Gasteiger partial charge in [0.2, 0.25) is 5.91 Å². The molecule has 6 heteroatoms. The van der Waals surface area contributed by atoms with Gasteiger partial charge in [0.05, 0.1) is 13.2 Å². The van der Waals surface area contributed by atoms with Crippen molar-refractivity contribution in [3.63, 3.8) is 0 Å². The fourth-order valence-electron chi connectivity index (χ4n) is 2.30. The first-order valence-electron chi connectivity index (χ1n) is 8.77. The van der Waals surface area contributed by atoms with Gasteiger partial charge in [0.15, 0.2) is 0 Å². The average Bonchev–Trinajstić information content (AvgIpc) is 2.66. The number of nitrogens with one attached hydrogen (secondary N) is 3. The van der Waals surface area contributed by atoms with E-state index in [9.17, 15) is 9.59 Å². The number of rotatable bonds is 9. The summed E-state index contributed by atoms with van der Waals surface area (Å²) < 4.78 is 5.38. The minimum Gasteiger partial charge on any atom is -0.494 e. The van der Waals surface area contributed by atoms with Crippen molar-refractivity contribution in [2.75, 3.05) is 30.3 Å². The molecule has 0 aliphatic rings. The molecule has 138 valence electrons. The standard InChI is InChI=1S/C20H25N3O3/c1-3-12-21-20(25)15-6-5-7-17(13-15)23-19(24)14-22-16-8-10-18(11-9-16)26-4-2/h5-11,13,22H,3-4,12,14H2,1-2H3,(H,21,25)(H,23,24). The van der Waals surface area contributed by atoms with E-state index < -0.39 is 0 Å². The molecule has 2 aromatic rings. The van der Waals surface area contributed by atoms with E-state index in [4.69, 9.17) is 4.74 Å². The zero-order valence-corrected chi connectivity index (χ0v) is 15.2. The van der Waals surface area contributed by atoms with Crippen molar-refractivity contribution in [3.05, 3.63) is 54.1 Å². The zero-order valence-electron chi connectivity index (χ0n) is 15.2. The van der Waals surface area contributed by atoms with Crippen LogP contribution in [0.5, 0.6) is 5.75 Å². The molecule has 0 saturated heterocycles. The molecular formula is C20H25N3O3. The number of anilines is 2. The van der Waals surface area contributed by atoms with Crippen molar-refractivity contribution in [3.8, 4) is 5.75 Å². The van der Waals surface area contributed by atoms with Gasteiger partial charge in [0.25, 0.3) is 5.91 Å². The minimum absolute atomic E-state index is 0.125. The molecule has 0 aliphatic carbocycles. The molecule has 0 aromatic heterocycles. The number of ether oxygens (including phenoxy) is 1. The summed E-state index contributed by atoms with van der Waals surface area (Å²) in [6, 6.07) is 14.3. The quantitative estimate of drug-likeness (QED) is 0.645. The summed E-state index contributed by atoms with van der Waals surface area (Å²) in [5.41, 5.74) is 1.94. The van der Waals surface area contributed by atoms with Gasteiger partial charge in [-0.3, -0.25) is 9.59 Å². The summed E-state index contributed by atoms with van der Waals surface area (Å²) in [5, 5.41) is 8.66. The van der Waals surface area contributed by atoms with Gasteiger partial charge in [0.1, 0.15) is 5.75 Å². The molecule has 0 unspecified atom stereocenters. The highest BCUT2D eigenvalue weighted by molar-refractivity contribution is 5.98. The highest BCUT2D eigenvalue weighted by Crippen LogP contribution is 2.15. The third-order valence-corrected chi connectivity index (χ3v) is 3.56. The van der Waals surface area contributed by atoms with Crippen LogP contribution in [0.15, 0.2) is 48.5 Å². The maximum Gasteiger partial charge on any atom is 0.251 e. The van der Waals surface area contributed by atoms with Gasteiger partial charge in [-0.15, -0.1) is 0 Å². The molecule has 0 atom stereocenters. The second-order valence-corrected chi connectivity index (χ2v) is 5.70. The van der Waals surface area contributed by atoms with E-state index in [1.807, 2.05) is 38.1 Å². The van der Waals surface area contributed by atoms with E-state index in [0.717, 1.165) is 17.9 Å². The predicted molar refractivity (Wildman–Crippen MR) is 104 cm³/mol. The molecule has 0 heterocycles. The monoisotopic (exact) mass is 355 g/mol. The number of hydrogen-bond acceptors (Lipinski definition) is 4. The normalized spacial score (nSPS) is 10.1. The largest absolute Gasteiger partial charge is 0.494 e.